The van der Waals surface area contributed by atoms with Crippen molar-refractivity contribution in [3.63, 3.8) is 0 Å². The van der Waals surface area contributed by atoms with Crippen LogP contribution in [-0.4, -0.2) is 19.9 Å². The van der Waals surface area contributed by atoms with Gasteiger partial charge in [0.15, 0.2) is 17.5 Å². The molecule has 0 fully saturated rings. The van der Waals surface area contributed by atoms with E-state index in [1.807, 2.05) is 36.5 Å². The van der Waals surface area contributed by atoms with E-state index in [-0.39, 0.29) is 0 Å². The maximum Gasteiger partial charge on any atom is 0.165 e. The molecule has 46 heavy (non-hydrogen) atoms. The summed E-state index contributed by atoms with van der Waals surface area (Å²) < 4.78 is 8.89. The molecule has 0 bridgehead atoms. The lowest BCUT2D eigenvalue weighted by Crippen LogP contribution is -2.00. The van der Waals surface area contributed by atoms with E-state index in [0.29, 0.717) is 17.5 Å². The maximum absolute atomic E-state index is 6.49. The fourth-order valence-corrected chi connectivity index (χ4v) is 7.80. The molecule has 0 aliphatic rings. The third kappa shape index (κ3) is 3.81. The van der Waals surface area contributed by atoms with Crippen LogP contribution in [0.25, 0.3) is 97.9 Å². The van der Waals surface area contributed by atoms with Gasteiger partial charge < -0.3 is 4.42 Å². The topological polar surface area (TPSA) is 64.7 Å². The summed E-state index contributed by atoms with van der Waals surface area (Å²) in [5.74, 6) is 1.85. The van der Waals surface area contributed by atoms with Crippen LogP contribution in [0.1, 0.15) is 0 Å². The number of thiophene rings is 1. The quantitative estimate of drug-likeness (QED) is 0.200. The summed E-state index contributed by atoms with van der Waals surface area (Å²) in [4.78, 5) is 20.3. The van der Waals surface area contributed by atoms with E-state index in [1.165, 1.54) is 20.9 Å². The highest BCUT2D eigenvalue weighted by Gasteiger charge is 2.20. The van der Waals surface area contributed by atoms with Gasteiger partial charge in [0.25, 0.3) is 0 Å². The van der Waals surface area contributed by atoms with Gasteiger partial charge in [0.2, 0.25) is 0 Å². The largest absolute Gasteiger partial charge is 0.455 e. The Morgan fingerprint density at radius 1 is 0.522 bits per heavy atom. The summed E-state index contributed by atoms with van der Waals surface area (Å²) in [6.07, 6.45) is 1.90. The Labute approximate surface area is 266 Å². The Morgan fingerprint density at radius 3 is 2.17 bits per heavy atom. The molecule has 0 saturated carbocycles. The first-order chi connectivity index (χ1) is 22.8. The molecule has 0 aliphatic heterocycles. The summed E-state index contributed by atoms with van der Waals surface area (Å²) >= 11 is 1.77. The molecular formula is C40H22N4OS. The molecule has 4 aromatic heterocycles. The fourth-order valence-electron chi connectivity index (χ4n) is 6.59. The molecule has 214 valence electrons. The summed E-state index contributed by atoms with van der Waals surface area (Å²) in [5.41, 5.74) is 5.28. The van der Waals surface area contributed by atoms with Crippen molar-refractivity contribution in [2.45, 2.75) is 0 Å². The van der Waals surface area contributed by atoms with E-state index in [1.54, 1.807) is 11.3 Å². The van der Waals surface area contributed by atoms with Crippen molar-refractivity contribution >= 4 is 75.1 Å². The predicted molar refractivity (Wildman–Crippen MR) is 189 cm³/mol. The normalized spacial score (nSPS) is 11.9. The van der Waals surface area contributed by atoms with Gasteiger partial charge in [-0.15, -0.1) is 11.3 Å². The van der Waals surface area contributed by atoms with Crippen LogP contribution in [0, 0.1) is 0 Å². The van der Waals surface area contributed by atoms with Crippen molar-refractivity contribution in [2.24, 2.45) is 0 Å². The van der Waals surface area contributed by atoms with E-state index in [0.717, 1.165) is 59.6 Å². The molecule has 0 aliphatic carbocycles. The van der Waals surface area contributed by atoms with Crippen molar-refractivity contribution in [2.75, 3.05) is 0 Å². The van der Waals surface area contributed by atoms with E-state index < -0.39 is 0 Å². The molecule has 6 heteroatoms. The van der Waals surface area contributed by atoms with Crippen LogP contribution in [0.5, 0.6) is 0 Å². The molecule has 10 aromatic rings. The summed E-state index contributed by atoms with van der Waals surface area (Å²) in [6.45, 7) is 0. The highest BCUT2D eigenvalue weighted by Crippen LogP contribution is 2.41. The molecule has 4 heterocycles. The molecule has 0 amide bonds. The Hall–Kier alpha value is -5.98. The molecule has 10 rings (SSSR count). The van der Waals surface area contributed by atoms with Gasteiger partial charge >= 0.3 is 0 Å². The average molecular weight is 607 g/mol. The number of fused-ring (bicyclic) bond motifs is 9. The number of pyridine rings is 1. The van der Waals surface area contributed by atoms with Crippen molar-refractivity contribution in [3.8, 4) is 34.2 Å². The SMILES string of the molecule is c1ccc2cc(-c3nc(-c4cccc5c4sc4ccccc45)nc(-c4cccc5oc6c7ccccc7ncc6c45)n3)ccc2c1. The standard InChI is InChI=1S/C40H22N4OS/c1-2-10-24-21-25(20-19-23(24)9-1)38-42-39(44-40(43-38)30-15-7-13-27-26-11-4-6-18-34(26)46-37(27)30)29-14-8-17-33-35(29)31-22-41-32-16-5-3-12-28(32)36(31)45-33/h1-22H. The summed E-state index contributed by atoms with van der Waals surface area (Å²) in [6, 6.07) is 43.8. The Kier molecular flexibility index (Phi) is 5.38. The molecule has 0 unspecified atom stereocenters. The molecule has 6 aromatic carbocycles. The molecule has 5 nitrogen and oxygen atoms in total. The number of rotatable bonds is 3. The van der Waals surface area contributed by atoms with E-state index in [4.69, 9.17) is 24.4 Å². The molecule has 0 N–H and O–H groups in total. The van der Waals surface area contributed by atoms with Crippen molar-refractivity contribution < 1.29 is 4.42 Å². The van der Waals surface area contributed by atoms with Crippen LogP contribution in [-0.2, 0) is 0 Å². The molecule has 0 atom stereocenters. The van der Waals surface area contributed by atoms with Crippen molar-refractivity contribution in [1.82, 2.24) is 19.9 Å². The van der Waals surface area contributed by atoms with E-state index >= 15 is 0 Å². The number of nitrogens with zero attached hydrogens (tertiary/aromatic N) is 4. The van der Waals surface area contributed by atoms with Crippen LogP contribution in [0.4, 0.5) is 0 Å². The van der Waals surface area contributed by atoms with Crippen LogP contribution in [0.2, 0.25) is 0 Å². The van der Waals surface area contributed by atoms with Crippen molar-refractivity contribution in [1.29, 1.82) is 0 Å². The second-order valence-electron chi connectivity index (χ2n) is 11.4. The third-order valence-electron chi connectivity index (χ3n) is 8.76. The zero-order chi connectivity index (χ0) is 30.2. The monoisotopic (exact) mass is 606 g/mol. The second-order valence-corrected chi connectivity index (χ2v) is 12.5. The Balaban J connectivity index is 1.27. The number of aromatic nitrogens is 4. The zero-order valence-electron chi connectivity index (χ0n) is 24.3. The first-order valence-corrected chi connectivity index (χ1v) is 16.0. The van der Waals surface area contributed by atoms with Gasteiger partial charge in [0.05, 0.1) is 5.52 Å². The summed E-state index contributed by atoms with van der Waals surface area (Å²) in [5, 5.41) is 7.60. The van der Waals surface area contributed by atoms with Crippen LogP contribution in [0.15, 0.2) is 138 Å². The minimum Gasteiger partial charge on any atom is -0.455 e. The lowest BCUT2D eigenvalue weighted by Gasteiger charge is -2.10. The highest BCUT2D eigenvalue weighted by molar-refractivity contribution is 7.26. The number of hydrogen-bond donors (Lipinski definition) is 0. The van der Waals surface area contributed by atoms with Crippen molar-refractivity contribution in [3.05, 3.63) is 134 Å². The Morgan fingerprint density at radius 2 is 1.24 bits per heavy atom. The molecule has 0 saturated heterocycles. The second kappa shape index (κ2) is 9.76. The van der Waals surface area contributed by atoms with Gasteiger partial charge in [-0.3, -0.25) is 4.98 Å². The lowest BCUT2D eigenvalue weighted by molar-refractivity contribution is 0.672. The smallest absolute Gasteiger partial charge is 0.165 e. The summed E-state index contributed by atoms with van der Waals surface area (Å²) in [7, 11) is 0. The van der Waals surface area contributed by atoms with E-state index in [9.17, 15) is 0 Å². The van der Waals surface area contributed by atoms with Gasteiger partial charge in [-0.25, -0.2) is 15.0 Å². The molecular weight excluding hydrogens is 585 g/mol. The van der Waals surface area contributed by atoms with Crippen LogP contribution < -0.4 is 0 Å². The lowest BCUT2D eigenvalue weighted by atomic mass is 10.0. The average Bonchev–Trinajstić information content (AvgIpc) is 3.70. The minimum atomic E-state index is 0.590. The molecule has 0 spiro atoms. The molecule has 0 radical (unpaired) electrons. The van der Waals surface area contributed by atoms with Gasteiger partial charge in [-0.05, 0) is 47.2 Å². The van der Waals surface area contributed by atoms with Crippen LogP contribution in [0.3, 0.4) is 0 Å². The predicted octanol–water partition coefficient (Wildman–Crippen LogP) is 10.8. The number of benzene rings is 6. The van der Waals surface area contributed by atoms with Gasteiger partial charge in [0, 0.05) is 59.2 Å². The van der Waals surface area contributed by atoms with Gasteiger partial charge in [-0.2, -0.15) is 0 Å². The third-order valence-corrected chi connectivity index (χ3v) is 9.98. The highest BCUT2D eigenvalue weighted by atomic mass is 32.1. The fraction of sp³-hybridized carbons (Fsp3) is 0. The van der Waals surface area contributed by atoms with E-state index in [2.05, 4.69) is 97.1 Å². The van der Waals surface area contributed by atoms with Crippen LogP contribution >= 0.6 is 11.3 Å². The Bertz CT molecular complexity index is 2830. The number of para-hydroxylation sites is 1. The number of furan rings is 1. The van der Waals surface area contributed by atoms with Gasteiger partial charge in [0.1, 0.15) is 11.2 Å². The first-order valence-electron chi connectivity index (χ1n) is 15.1. The zero-order valence-corrected chi connectivity index (χ0v) is 25.1. The minimum absolute atomic E-state index is 0.590. The number of hydrogen-bond acceptors (Lipinski definition) is 6. The van der Waals surface area contributed by atoms with Gasteiger partial charge in [-0.1, -0.05) is 91.0 Å². The first kappa shape index (κ1) is 25.4. The maximum atomic E-state index is 6.49.